The zero-order valence-electron chi connectivity index (χ0n) is 20.3. The minimum Gasteiger partial charge on any atom is -0.480 e. The SMILES string of the molecule is C.C.COC(=O)[C@@H](C)Cc1ccc(CN=[N+]=[N-])nc1.N/N=N/N.[N-]=[N+]=NCc1ccc(C[C@H](N)C(=O)O)cn1. The first-order valence-electron chi connectivity index (χ1n) is 10.5. The molecule has 2 rings (SSSR count). The van der Waals surface area contributed by atoms with Crippen molar-refractivity contribution in [2.45, 2.75) is 53.8 Å². The molecule has 0 amide bonds. The molecule has 7 N–H and O–H groups in total. The van der Waals surface area contributed by atoms with Gasteiger partial charge in [0.25, 0.3) is 0 Å². The lowest BCUT2D eigenvalue weighted by molar-refractivity contribution is -0.144. The summed E-state index contributed by atoms with van der Waals surface area (Å²) in [6.45, 7) is 2.23. The third-order valence-electron chi connectivity index (χ3n) is 4.35. The van der Waals surface area contributed by atoms with E-state index in [-0.39, 0.29) is 46.3 Å². The Kier molecular flexibility index (Phi) is 23.1. The van der Waals surface area contributed by atoms with Gasteiger partial charge >= 0.3 is 11.9 Å². The lowest BCUT2D eigenvalue weighted by Crippen LogP contribution is -2.32. The summed E-state index contributed by atoms with van der Waals surface area (Å²) >= 11 is 0. The number of carbonyl (C=O) groups is 2. The van der Waals surface area contributed by atoms with E-state index < -0.39 is 12.0 Å². The Bertz CT molecular complexity index is 1080. The van der Waals surface area contributed by atoms with Crippen molar-refractivity contribution in [2.75, 3.05) is 7.11 Å². The predicted octanol–water partition coefficient (Wildman–Crippen LogP) is 3.55. The number of esters is 1. The van der Waals surface area contributed by atoms with E-state index in [0.29, 0.717) is 17.8 Å². The third-order valence-corrected chi connectivity index (χ3v) is 4.35. The number of pyridine rings is 2. The number of nitrogens with zero attached hydrogens (tertiary/aromatic N) is 10. The molecule has 0 radical (unpaired) electrons. The number of azide groups is 2. The number of hydrogen-bond donors (Lipinski definition) is 4. The average Bonchev–Trinajstić information content (AvgIpc) is 2.92. The summed E-state index contributed by atoms with van der Waals surface area (Å²) in [5, 5.41) is 20.7. The monoisotopic (exact) mass is 547 g/mol. The van der Waals surface area contributed by atoms with Gasteiger partial charge in [0.1, 0.15) is 6.04 Å². The summed E-state index contributed by atoms with van der Waals surface area (Å²) in [5.41, 5.74) is 24.7. The summed E-state index contributed by atoms with van der Waals surface area (Å²) in [6, 6.07) is 6.13. The molecule has 0 aliphatic rings. The molecule has 214 valence electrons. The molecular formula is C22H37N13O4. The quantitative estimate of drug-likeness (QED) is 0.0842. The van der Waals surface area contributed by atoms with Crippen molar-refractivity contribution >= 4 is 11.9 Å². The van der Waals surface area contributed by atoms with E-state index in [1.54, 1.807) is 31.3 Å². The van der Waals surface area contributed by atoms with Gasteiger partial charge in [0.15, 0.2) is 0 Å². The molecule has 2 aromatic heterocycles. The van der Waals surface area contributed by atoms with Gasteiger partial charge in [-0.15, -0.1) is 0 Å². The maximum atomic E-state index is 11.2. The van der Waals surface area contributed by atoms with Crippen molar-refractivity contribution < 1.29 is 19.4 Å². The van der Waals surface area contributed by atoms with Crippen LogP contribution in [0.5, 0.6) is 0 Å². The van der Waals surface area contributed by atoms with Crippen molar-refractivity contribution in [1.82, 2.24) is 9.97 Å². The van der Waals surface area contributed by atoms with Crippen LogP contribution in [0.4, 0.5) is 0 Å². The van der Waals surface area contributed by atoms with Crippen LogP contribution in [0.2, 0.25) is 0 Å². The molecule has 0 aliphatic carbocycles. The van der Waals surface area contributed by atoms with E-state index in [4.69, 9.17) is 21.9 Å². The molecule has 0 bridgehead atoms. The lowest BCUT2D eigenvalue weighted by Gasteiger charge is -2.08. The second-order valence-electron chi connectivity index (χ2n) is 7.10. The fourth-order valence-corrected chi connectivity index (χ4v) is 2.53. The summed E-state index contributed by atoms with van der Waals surface area (Å²) in [6.07, 6.45) is 4.03. The Morgan fingerprint density at radius 1 is 0.949 bits per heavy atom. The zero-order valence-corrected chi connectivity index (χ0v) is 20.3. The molecule has 0 fully saturated rings. The van der Waals surface area contributed by atoms with Gasteiger partial charge < -0.3 is 27.3 Å². The first-order valence-corrected chi connectivity index (χ1v) is 10.5. The molecule has 0 aliphatic heterocycles. The van der Waals surface area contributed by atoms with Crippen LogP contribution < -0.4 is 17.4 Å². The van der Waals surface area contributed by atoms with E-state index in [9.17, 15) is 9.59 Å². The molecule has 17 nitrogen and oxygen atoms in total. The fraction of sp³-hybridized carbons (Fsp3) is 0.455. The molecule has 0 saturated carbocycles. The molecule has 2 heterocycles. The lowest BCUT2D eigenvalue weighted by atomic mass is 10.0. The first-order chi connectivity index (χ1) is 17.7. The largest absolute Gasteiger partial charge is 0.480 e. The Labute approximate surface area is 226 Å². The second-order valence-corrected chi connectivity index (χ2v) is 7.10. The topological polar surface area (TPSA) is 290 Å². The molecule has 0 unspecified atom stereocenters. The molecule has 17 heteroatoms. The van der Waals surface area contributed by atoms with Crippen molar-refractivity contribution in [1.29, 1.82) is 0 Å². The van der Waals surface area contributed by atoms with Gasteiger partial charge in [-0.25, -0.2) is 0 Å². The highest BCUT2D eigenvalue weighted by Gasteiger charge is 2.14. The maximum Gasteiger partial charge on any atom is 0.320 e. The minimum atomic E-state index is -1.04. The van der Waals surface area contributed by atoms with Crippen molar-refractivity contribution in [3.63, 3.8) is 0 Å². The van der Waals surface area contributed by atoms with Gasteiger partial charge in [0.2, 0.25) is 0 Å². The van der Waals surface area contributed by atoms with Crippen LogP contribution in [0.15, 0.2) is 57.3 Å². The van der Waals surface area contributed by atoms with Crippen LogP contribution in [0, 0.1) is 5.92 Å². The normalized spacial score (nSPS) is 10.6. The highest BCUT2D eigenvalue weighted by Crippen LogP contribution is 2.10. The van der Waals surface area contributed by atoms with Crippen molar-refractivity contribution in [3.05, 3.63) is 80.1 Å². The second kappa shape index (κ2) is 23.4. The number of hydrogen-bond acceptors (Lipinski definition) is 10. The Morgan fingerprint density at radius 3 is 1.69 bits per heavy atom. The van der Waals surface area contributed by atoms with Gasteiger partial charge in [-0.2, -0.15) is 0 Å². The Morgan fingerprint density at radius 2 is 1.38 bits per heavy atom. The van der Waals surface area contributed by atoms with E-state index in [1.807, 2.05) is 6.07 Å². The van der Waals surface area contributed by atoms with Gasteiger partial charge in [-0.1, -0.05) is 54.6 Å². The van der Waals surface area contributed by atoms with Gasteiger partial charge in [0, 0.05) is 33.6 Å². The fourth-order valence-electron chi connectivity index (χ4n) is 2.53. The summed E-state index contributed by atoms with van der Waals surface area (Å²) in [7, 11) is 1.38. The number of carbonyl (C=O) groups excluding carboxylic acids is 1. The number of methoxy groups -OCH3 is 1. The smallest absolute Gasteiger partial charge is 0.320 e. The van der Waals surface area contributed by atoms with E-state index in [0.717, 1.165) is 11.1 Å². The summed E-state index contributed by atoms with van der Waals surface area (Å²) < 4.78 is 4.65. The van der Waals surface area contributed by atoms with Crippen LogP contribution in [0.3, 0.4) is 0 Å². The number of aromatic nitrogens is 2. The molecule has 0 saturated heterocycles. The molecule has 2 aromatic rings. The van der Waals surface area contributed by atoms with E-state index >= 15 is 0 Å². The first kappa shape index (κ1) is 38.5. The van der Waals surface area contributed by atoms with Crippen LogP contribution in [-0.2, 0) is 40.3 Å². The number of rotatable bonds is 10. The molecule has 0 spiro atoms. The number of ether oxygens (including phenoxy) is 1. The molecular weight excluding hydrogens is 510 g/mol. The Hall–Kier alpha value is -4.98. The summed E-state index contributed by atoms with van der Waals surface area (Å²) in [5.74, 6) is 7.26. The van der Waals surface area contributed by atoms with Crippen LogP contribution >= 0.6 is 0 Å². The third kappa shape index (κ3) is 18.0. The highest BCUT2D eigenvalue weighted by molar-refractivity contribution is 5.73. The average molecular weight is 548 g/mol. The van der Waals surface area contributed by atoms with Gasteiger partial charge in [-0.05, 0) is 47.2 Å². The van der Waals surface area contributed by atoms with Crippen LogP contribution in [0.25, 0.3) is 20.9 Å². The molecule has 39 heavy (non-hydrogen) atoms. The van der Waals surface area contributed by atoms with E-state index in [1.165, 1.54) is 13.3 Å². The van der Waals surface area contributed by atoms with Gasteiger partial charge in [0.05, 0.1) is 26.1 Å². The Balaban J connectivity index is -0.000000559. The highest BCUT2D eigenvalue weighted by atomic mass is 16.5. The zero-order chi connectivity index (χ0) is 28.1. The minimum absolute atomic E-state index is 0. The standard InChI is InChI=1S/C11H14N4O2.C9H11N5O2.2CH4.H4N4/c1-8(11(16)17-2)5-9-3-4-10(13-6-9)7-14-15-12;10-8(9(15)16)3-6-1-2-7(12-4-6)5-13-14-11;;;1-3-4-2/h3-4,6,8H,5,7H2,1-2H3;1-2,4,8H,3,5,10H2,(H,15,16);2*1H4;(H2,1,4)(H2,2,3)/t2*8-;;;/m00.../s1. The number of carboxylic acid groups (broad SMARTS) is 1. The number of nitrogens with two attached hydrogens (primary N) is 3. The van der Waals surface area contributed by atoms with Crippen LogP contribution in [0.1, 0.15) is 44.3 Å². The van der Waals surface area contributed by atoms with Gasteiger partial charge in [-0.3, -0.25) is 19.6 Å². The van der Waals surface area contributed by atoms with Crippen molar-refractivity contribution in [3.8, 4) is 0 Å². The predicted molar refractivity (Wildman–Crippen MR) is 145 cm³/mol. The molecule has 2 atom stereocenters. The summed E-state index contributed by atoms with van der Waals surface area (Å²) in [4.78, 5) is 35.2. The number of aliphatic carboxylic acids is 1. The maximum absolute atomic E-state index is 11.2. The number of carboxylic acids is 1. The van der Waals surface area contributed by atoms with E-state index in [2.05, 4.69) is 56.9 Å². The van der Waals surface area contributed by atoms with Crippen LogP contribution in [-0.4, -0.2) is 40.2 Å². The van der Waals surface area contributed by atoms with Crippen molar-refractivity contribution in [2.24, 2.45) is 44.0 Å². The molecule has 0 aromatic carbocycles.